The van der Waals surface area contributed by atoms with Gasteiger partial charge in [-0.3, -0.25) is 0 Å². The number of aryl methyl sites for hydroxylation is 1. The van der Waals surface area contributed by atoms with Crippen molar-refractivity contribution in [2.75, 3.05) is 6.26 Å². The minimum Gasteiger partial charge on any atom is -0.477 e. The second kappa shape index (κ2) is 12.3. The Morgan fingerprint density at radius 1 is 0.767 bits per heavy atom. The number of nitrogens with zero attached hydrogens (tertiary/aromatic N) is 2. The highest BCUT2D eigenvalue weighted by Crippen LogP contribution is 2.50. The lowest BCUT2D eigenvalue weighted by molar-refractivity contribution is -0.586. The van der Waals surface area contributed by atoms with E-state index in [1.165, 1.54) is 0 Å². The van der Waals surface area contributed by atoms with Crippen molar-refractivity contribution in [3.63, 3.8) is 0 Å². The number of hydrogen-bond acceptors (Lipinski definition) is 3. The number of amidine groups is 1. The van der Waals surface area contributed by atoms with Crippen LogP contribution in [0.5, 0.6) is 0 Å². The minimum absolute atomic E-state index is 0.426. The maximum atomic E-state index is 14.2. The van der Waals surface area contributed by atoms with Crippen LogP contribution in [0.1, 0.15) is 39.4 Å². The molecule has 1 aliphatic heterocycles. The molecule has 6 rings (SSSR count). The normalized spacial score (nSPS) is 18.2. The molecular formula is C38H35N2O2S+. The number of carbonyl (C=O) groups is 1. The van der Waals surface area contributed by atoms with Crippen LogP contribution in [0.4, 0.5) is 0 Å². The Morgan fingerprint density at radius 3 is 1.88 bits per heavy atom. The fraction of sp³-hybridized carbons (Fsp3) is 0.158. The third-order valence-corrected chi connectivity index (χ3v) is 9.06. The average Bonchev–Trinajstić information content (AvgIpc) is 3.33. The molecule has 0 aromatic heterocycles. The number of thioether (sulfide) groups is 1. The van der Waals surface area contributed by atoms with Gasteiger partial charge in [0, 0.05) is 16.0 Å². The molecule has 5 aromatic rings. The highest BCUT2D eigenvalue weighted by Gasteiger charge is 2.67. The standard InChI is InChI=1S/C38H34N2O2S/c1-28-18-20-31(21-19-28)35-38(37(41)42,33-22-24-34(43-2)25-23-33)40(27-30-14-8-4-9-15-30)36(32-16-10-5-11-17-32)39(35)26-29-12-6-3-7-13-29/h3-25,35H,26-27H2,1-2H3/p+1. The maximum absolute atomic E-state index is 14.2. The first kappa shape index (κ1) is 28.5. The summed E-state index contributed by atoms with van der Waals surface area (Å²) < 4.78 is 2.31. The van der Waals surface area contributed by atoms with E-state index in [0.717, 1.165) is 44.1 Å². The first-order valence-corrected chi connectivity index (χ1v) is 15.7. The zero-order valence-electron chi connectivity index (χ0n) is 24.4. The highest BCUT2D eigenvalue weighted by molar-refractivity contribution is 7.98. The van der Waals surface area contributed by atoms with Crippen molar-refractivity contribution in [1.29, 1.82) is 0 Å². The molecule has 2 atom stereocenters. The lowest BCUT2D eigenvalue weighted by Crippen LogP contribution is -2.53. The number of hydrogen-bond donors (Lipinski definition) is 1. The van der Waals surface area contributed by atoms with Gasteiger partial charge in [-0.05, 0) is 48.6 Å². The zero-order valence-corrected chi connectivity index (χ0v) is 25.2. The van der Waals surface area contributed by atoms with Crippen molar-refractivity contribution in [1.82, 2.24) is 4.90 Å². The van der Waals surface area contributed by atoms with Crippen LogP contribution in [0.3, 0.4) is 0 Å². The van der Waals surface area contributed by atoms with Crippen molar-refractivity contribution < 1.29 is 14.5 Å². The Labute approximate surface area is 258 Å². The summed E-state index contributed by atoms with van der Waals surface area (Å²) in [7, 11) is 0. The fourth-order valence-corrected chi connectivity index (χ4v) is 6.73. The lowest BCUT2D eigenvalue weighted by atomic mass is 9.78. The van der Waals surface area contributed by atoms with Gasteiger partial charge in [0.1, 0.15) is 13.1 Å². The molecule has 5 aromatic carbocycles. The minimum atomic E-state index is -1.43. The van der Waals surface area contributed by atoms with Gasteiger partial charge in [-0.15, -0.1) is 11.8 Å². The van der Waals surface area contributed by atoms with E-state index in [-0.39, 0.29) is 0 Å². The van der Waals surface area contributed by atoms with E-state index in [2.05, 4.69) is 77.1 Å². The van der Waals surface area contributed by atoms with Crippen LogP contribution in [0.25, 0.3) is 0 Å². The third kappa shape index (κ3) is 5.37. The number of carboxylic acids is 1. The Balaban J connectivity index is 1.71. The van der Waals surface area contributed by atoms with Crippen LogP contribution >= 0.6 is 11.8 Å². The molecule has 0 saturated carbocycles. The Hall–Kier alpha value is -4.61. The molecule has 0 bridgehead atoms. The predicted octanol–water partition coefficient (Wildman–Crippen LogP) is 7.91. The summed E-state index contributed by atoms with van der Waals surface area (Å²) in [6.07, 6.45) is 2.04. The molecule has 4 nitrogen and oxygen atoms in total. The lowest BCUT2D eigenvalue weighted by Gasteiger charge is -2.35. The summed E-state index contributed by atoms with van der Waals surface area (Å²) in [5.41, 5.74) is 4.57. The summed E-state index contributed by atoms with van der Waals surface area (Å²) in [5, 5.41) is 11.6. The van der Waals surface area contributed by atoms with Gasteiger partial charge in [-0.2, -0.15) is 0 Å². The molecule has 0 amide bonds. The van der Waals surface area contributed by atoms with Crippen molar-refractivity contribution in [2.45, 2.75) is 36.5 Å². The first-order chi connectivity index (χ1) is 21.0. The van der Waals surface area contributed by atoms with Gasteiger partial charge in [0.25, 0.3) is 11.4 Å². The van der Waals surface area contributed by atoms with Gasteiger partial charge >= 0.3 is 5.97 Å². The molecule has 0 radical (unpaired) electrons. The number of benzene rings is 5. The summed E-state index contributed by atoms with van der Waals surface area (Å²) >= 11 is 1.65. The van der Waals surface area contributed by atoms with E-state index in [0.29, 0.717) is 13.1 Å². The van der Waals surface area contributed by atoms with Gasteiger partial charge in [-0.1, -0.05) is 121 Å². The molecule has 5 heteroatoms. The molecule has 2 unspecified atom stereocenters. The second-order valence-electron chi connectivity index (χ2n) is 11.0. The zero-order chi connectivity index (χ0) is 29.8. The van der Waals surface area contributed by atoms with E-state index in [9.17, 15) is 9.90 Å². The highest BCUT2D eigenvalue weighted by atomic mass is 32.2. The van der Waals surface area contributed by atoms with Gasteiger partial charge in [0.05, 0.1) is 5.56 Å². The van der Waals surface area contributed by atoms with E-state index < -0.39 is 17.6 Å². The fourth-order valence-electron chi connectivity index (χ4n) is 6.32. The quantitative estimate of drug-likeness (QED) is 0.141. The van der Waals surface area contributed by atoms with Crippen molar-refractivity contribution in [3.8, 4) is 0 Å². The third-order valence-electron chi connectivity index (χ3n) is 8.32. The summed E-state index contributed by atoms with van der Waals surface area (Å²) in [4.78, 5) is 17.5. The number of aliphatic carboxylic acids is 1. The Bertz CT molecular complexity index is 1720. The smallest absolute Gasteiger partial charge is 0.362 e. The van der Waals surface area contributed by atoms with E-state index in [1.807, 2.05) is 85.1 Å². The Morgan fingerprint density at radius 2 is 1.33 bits per heavy atom. The molecule has 0 aliphatic carbocycles. The van der Waals surface area contributed by atoms with Crippen LogP contribution in [0.2, 0.25) is 0 Å². The molecular weight excluding hydrogens is 548 g/mol. The summed E-state index contributed by atoms with van der Waals surface area (Å²) in [6, 6.07) is 46.7. The molecule has 214 valence electrons. The molecule has 0 spiro atoms. The van der Waals surface area contributed by atoms with Crippen molar-refractivity contribution >= 4 is 23.6 Å². The molecule has 0 fully saturated rings. The molecule has 1 N–H and O–H groups in total. The molecule has 1 heterocycles. The van der Waals surface area contributed by atoms with Crippen molar-refractivity contribution in [2.24, 2.45) is 0 Å². The van der Waals surface area contributed by atoms with Crippen LogP contribution in [0, 0.1) is 6.92 Å². The molecule has 0 saturated heterocycles. The van der Waals surface area contributed by atoms with Gasteiger partial charge < -0.3 is 5.11 Å². The van der Waals surface area contributed by atoms with E-state index >= 15 is 0 Å². The van der Waals surface area contributed by atoms with Gasteiger partial charge in [-0.25, -0.2) is 14.3 Å². The summed E-state index contributed by atoms with van der Waals surface area (Å²) in [6.45, 7) is 3.04. The van der Waals surface area contributed by atoms with Gasteiger partial charge in [0.2, 0.25) is 0 Å². The number of carboxylic acid groups (broad SMARTS) is 1. The number of rotatable bonds is 9. The second-order valence-corrected chi connectivity index (χ2v) is 11.9. The summed E-state index contributed by atoms with van der Waals surface area (Å²) in [5.74, 6) is 0.0186. The van der Waals surface area contributed by atoms with E-state index in [4.69, 9.17) is 0 Å². The largest absolute Gasteiger partial charge is 0.477 e. The van der Waals surface area contributed by atoms with Gasteiger partial charge in [0.15, 0.2) is 6.04 Å². The van der Waals surface area contributed by atoms with Crippen LogP contribution < -0.4 is 0 Å². The first-order valence-electron chi connectivity index (χ1n) is 14.5. The Kier molecular flexibility index (Phi) is 8.17. The maximum Gasteiger partial charge on any atom is 0.362 e. The SMILES string of the molecule is CSc1ccc(C2(C(=O)O)C(c3ccc(C)cc3)[N+](Cc3ccccc3)=C(c3ccccc3)N2Cc2ccccc2)cc1. The van der Waals surface area contributed by atoms with Crippen LogP contribution in [-0.4, -0.2) is 32.6 Å². The molecule has 43 heavy (non-hydrogen) atoms. The topological polar surface area (TPSA) is 43.5 Å². The van der Waals surface area contributed by atoms with E-state index in [1.54, 1.807) is 11.8 Å². The van der Waals surface area contributed by atoms with Crippen LogP contribution in [0.15, 0.2) is 144 Å². The predicted molar refractivity (Wildman–Crippen MR) is 174 cm³/mol. The molecule has 1 aliphatic rings. The van der Waals surface area contributed by atoms with Crippen LogP contribution in [-0.2, 0) is 23.4 Å². The van der Waals surface area contributed by atoms with Crippen molar-refractivity contribution in [3.05, 3.63) is 173 Å². The monoisotopic (exact) mass is 583 g/mol. The average molecular weight is 584 g/mol.